The number of benzene rings is 1. The first-order valence-electron chi connectivity index (χ1n) is 5.44. The maximum Gasteiger partial charge on any atom is 0.203 e. The van der Waals surface area contributed by atoms with Gasteiger partial charge in [0.1, 0.15) is 0 Å². The average molecular weight is 248 g/mol. The molecule has 18 heavy (non-hydrogen) atoms. The number of hydrogen-bond donors (Lipinski definition) is 0. The van der Waals surface area contributed by atoms with Crippen LogP contribution in [0.1, 0.15) is 23.2 Å². The Morgan fingerprint density at radius 2 is 1.72 bits per heavy atom. The van der Waals surface area contributed by atoms with Gasteiger partial charge in [0.05, 0.1) is 21.3 Å². The average Bonchev–Trinajstić information content (AvgIpc) is 2.42. The summed E-state index contributed by atoms with van der Waals surface area (Å²) in [5.74, 6) is 3.78. The molecule has 1 aromatic carbocycles. The number of ketones is 1. The Morgan fingerprint density at radius 3 is 2.11 bits per heavy atom. The van der Waals surface area contributed by atoms with Gasteiger partial charge in [0, 0.05) is 18.4 Å². The van der Waals surface area contributed by atoms with Gasteiger partial charge in [-0.2, -0.15) is 0 Å². The van der Waals surface area contributed by atoms with Gasteiger partial charge < -0.3 is 14.2 Å². The van der Waals surface area contributed by atoms with Crippen LogP contribution in [0.25, 0.3) is 0 Å². The van der Waals surface area contributed by atoms with Gasteiger partial charge in [0.15, 0.2) is 17.3 Å². The van der Waals surface area contributed by atoms with E-state index >= 15 is 0 Å². The summed E-state index contributed by atoms with van der Waals surface area (Å²) < 4.78 is 15.5. The Morgan fingerprint density at radius 1 is 1.17 bits per heavy atom. The number of ether oxygens (including phenoxy) is 3. The quantitative estimate of drug-likeness (QED) is 0.572. The zero-order chi connectivity index (χ0) is 13.5. The summed E-state index contributed by atoms with van der Waals surface area (Å²) in [6.45, 7) is 0. The smallest absolute Gasteiger partial charge is 0.203 e. The van der Waals surface area contributed by atoms with Crippen LogP contribution in [0.2, 0.25) is 0 Å². The SMILES string of the molecule is C#CCCC(=O)c1cc(OC)c(OC)c(OC)c1. The van der Waals surface area contributed by atoms with Gasteiger partial charge in [-0.1, -0.05) is 0 Å². The van der Waals surface area contributed by atoms with Crippen molar-refractivity contribution in [2.75, 3.05) is 21.3 Å². The summed E-state index contributed by atoms with van der Waals surface area (Å²) >= 11 is 0. The predicted molar refractivity (Wildman–Crippen MR) is 68.5 cm³/mol. The molecular formula is C14H16O4. The van der Waals surface area contributed by atoms with Crippen LogP contribution in [0.4, 0.5) is 0 Å². The highest BCUT2D eigenvalue weighted by molar-refractivity contribution is 5.97. The lowest BCUT2D eigenvalue weighted by Gasteiger charge is -2.13. The van der Waals surface area contributed by atoms with Crippen LogP contribution < -0.4 is 14.2 Å². The van der Waals surface area contributed by atoms with Crippen LogP contribution in [0, 0.1) is 12.3 Å². The fraction of sp³-hybridized carbons (Fsp3) is 0.357. The summed E-state index contributed by atoms with van der Waals surface area (Å²) in [7, 11) is 4.53. The largest absolute Gasteiger partial charge is 0.493 e. The number of carbonyl (C=O) groups excluding carboxylic acids is 1. The van der Waals surface area contributed by atoms with E-state index in [0.29, 0.717) is 35.7 Å². The van der Waals surface area contributed by atoms with Crippen LogP contribution in [-0.4, -0.2) is 27.1 Å². The lowest BCUT2D eigenvalue weighted by atomic mass is 10.1. The zero-order valence-corrected chi connectivity index (χ0v) is 10.8. The molecule has 0 aliphatic carbocycles. The van der Waals surface area contributed by atoms with Gasteiger partial charge in [-0.15, -0.1) is 12.3 Å². The second kappa shape index (κ2) is 6.55. The molecule has 0 N–H and O–H groups in total. The molecule has 0 atom stereocenters. The molecule has 0 aromatic heterocycles. The minimum Gasteiger partial charge on any atom is -0.493 e. The Kier molecular flexibility index (Phi) is 5.06. The highest BCUT2D eigenvalue weighted by atomic mass is 16.5. The number of Topliss-reactive ketones (excluding diaryl/α,β-unsaturated/α-hetero) is 1. The van der Waals surface area contributed by atoms with Crippen molar-refractivity contribution < 1.29 is 19.0 Å². The standard InChI is InChI=1S/C14H16O4/c1-5-6-7-11(15)10-8-12(16-2)14(18-4)13(9-10)17-3/h1,8-9H,6-7H2,2-4H3. The fourth-order valence-electron chi connectivity index (χ4n) is 1.57. The fourth-order valence-corrected chi connectivity index (χ4v) is 1.57. The van der Waals surface area contributed by atoms with Crippen molar-refractivity contribution in [3.63, 3.8) is 0 Å². The topological polar surface area (TPSA) is 44.8 Å². The summed E-state index contributed by atoms with van der Waals surface area (Å²) in [6, 6.07) is 3.25. The van der Waals surface area contributed by atoms with Gasteiger partial charge in [0.2, 0.25) is 5.75 Å². The number of hydrogen-bond acceptors (Lipinski definition) is 4. The molecule has 4 heteroatoms. The monoisotopic (exact) mass is 248 g/mol. The van der Waals surface area contributed by atoms with Crippen LogP contribution in [0.5, 0.6) is 17.2 Å². The molecule has 0 amide bonds. The van der Waals surface area contributed by atoms with Gasteiger partial charge in [-0.25, -0.2) is 0 Å². The normalized spacial score (nSPS) is 9.44. The molecule has 0 unspecified atom stereocenters. The third-order valence-corrected chi connectivity index (χ3v) is 2.48. The first-order valence-corrected chi connectivity index (χ1v) is 5.44. The lowest BCUT2D eigenvalue weighted by molar-refractivity contribution is 0.0983. The van der Waals surface area contributed by atoms with Crippen molar-refractivity contribution in [3.8, 4) is 29.6 Å². The van der Waals surface area contributed by atoms with Crippen LogP contribution >= 0.6 is 0 Å². The second-order valence-corrected chi connectivity index (χ2v) is 3.54. The van der Waals surface area contributed by atoms with Gasteiger partial charge in [-0.05, 0) is 12.1 Å². The van der Waals surface area contributed by atoms with Crippen molar-refractivity contribution in [2.24, 2.45) is 0 Å². The molecule has 4 nitrogen and oxygen atoms in total. The van der Waals surface area contributed by atoms with Crippen molar-refractivity contribution in [3.05, 3.63) is 17.7 Å². The maximum atomic E-state index is 11.9. The highest BCUT2D eigenvalue weighted by Crippen LogP contribution is 2.38. The molecule has 0 aliphatic heterocycles. The van der Waals surface area contributed by atoms with E-state index in [-0.39, 0.29) is 5.78 Å². The Labute approximate surface area is 107 Å². The van der Waals surface area contributed by atoms with Gasteiger partial charge in [-0.3, -0.25) is 4.79 Å². The molecule has 0 fully saturated rings. The summed E-state index contributed by atoms with van der Waals surface area (Å²) in [6.07, 6.45) is 5.85. The molecule has 0 aliphatic rings. The molecule has 0 spiro atoms. The van der Waals surface area contributed by atoms with E-state index in [9.17, 15) is 4.79 Å². The minimum absolute atomic E-state index is 0.0489. The van der Waals surface area contributed by atoms with Crippen LogP contribution in [-0.2, 0) is 0 Å². The first-order chi connectivity index (χ1) is 8.67. The Hall–Kier alpha value is -2.15. The van der Waals surface area contributed by atoms with E-state index in [1.54, 1.807) is 12.1 Å². The van der Waals surface area contributed by atoms with Gasteiger partial charge in [0.25, 0.3) is 0 Å². The van der Waals surface area contributed by atoms with Crippen molar-refractivity contribution in [1.82, 2.24) is 0 Å². The Bertz CT molecular complexity index is 446. The Balaban J connectivity index is 3.15. The number of rotatable bonds is 6. The van der Waals surface area contributed by atoms with E-state index in [1.807, 2.05) is 0 Å². The second-order valence-electron chi connectivity index (χ2n) is 3.54. The van der Waals surface area contributed by atoms with Gasteiger partial charge >= 0.3 is 0 Å². The molecule has 96 valence electrons. The summed E-state index contributed by atoms with van der Waals surface area (Å²) in [5.41, 5.74) is 0.500. The van der Waals surface area contributed by atoms with Crippen LogP contribution in [0.15, 0.2) is 12.1 Å². The predicted octanol–water partition coefficient (Wildman–Crippen LogP) is 2.31. The third kappa shape index (κ3) is 2.95. The van der Waals surface area contributed by atoms with Crippen molar-refractivity contribution >= 4 is 5.78 Å². The zero-order valence-electron chi connectivity index (χ0n) is 10.8. The van der Waals surface area contributed by atoms with Crippen molar-refractivity contribution in [1.29, 1.82) is 0 Å². The summed E-state index contributed by atoms with van der Waals surface area (Å²) in [4.78, 5) is 11.9. The van der Waals surface area contributed by atoms with E-state index < -0.39 is 0 Å². The minimum atomic E-state index is -0.0489. The highest BCUT2D eigenvalue weighted by Gasteiger charge is 2.16. The molecule has 0 bridgehead atoms. The first kappa shape index (κ1) is 13.9. The van der Waals surface area contributed by atoms with E-state index in [1.165, 1.54) is 21.3 Å². The molecular weight excluding hydrogens is 232 g/mol. The van der Waals surface area contributed by atoms with E-state index in [0.717, 1.165) is 0 Å². The van der Waals surface area contributed by atoms with E-state index in [4.69, 9.17) is 20.6 Å². The molecule has 1 aromatic rings. The molecule has 0 radical (unpaired) electrons. The molecule has 0 saturated heterocycles. The van der Waals surface area contributed by atoms with E-state index in [2.05, 4.69) is 5.92 Å². The maximum absolute atomic E-state index is 11.9. The van der Waals surface area contributed by atoms with Crippen molar-refractivity contribution in [2.45, 2.75) is 12.8 Å². The third-order valence-electron chi connectivity index (χ3n) is 2.48. The molecule has 0 saturated carbocycles. The summed E-state index contributed by atoms with van der Waals surface area (Å²) in [5, 5.41) is 0. The lowest BCUT2D eigenvalue weighted by Crippen LogP contribution is -2.02. The molecule has 1 rings (SSSR count). The number of terminal acetylenes is 1. The molecule has 0 heterocycles. The number of methoxy groups -OCH3 is 3. The number of carbonyl (C=O) groups is 1. The van der Waals surface area contributed by atoms with Crippen LogP contribution in [0.3, 0.4) is 0 Å².